The lowest BCUT2D eigenvalue weighted by atomic mass is 10.1. The van der Waals surface area contributed by atoms with Crippen molar-refractivity contribution >= 4 is 21.7 Å². The first kappa shape index (κ1) is 14.0. The van der Waals surface area contributed by atoms with Crippen molar-refractivity contribution in [2.75, 3.05) is 18.8 Å². The van der Waals surface area contributed by atoms with Crippen molar-refractivity contribution in [2.24, 2.45) is 5.92 Å². The second kappa shape index (κ2) is 5.03. The molecule has 98 valence electrons. The number of nitrogens with zero attached hydrogens (tertiary/aromatic N) is 1. The number of carboxylic acids is 1. The Bertz CT molecular complexity index is 414. The van der Waals surface area contributed by atoms with Crippen molar-refractivity contribution in [2.45, 2.75) is 25.5 Å². The number of carbonyl (C=O) groups excluding carboxylic acids is 1. The zero-order chi connectivity index (χ0) is 13.2. The van der Waals surface area contributed by atoms with Gasteiger partial charge in [-0.1, -0.05) is 0 Å². The highest BCUT2D eigenvalue weighted by molar-refractivity contribution is 7.92. The molecule has 0 bridgehead atoms. The number of sulfone groups is 1. The van der Waals surface area contributed by atoms with Crippen LogP contribution in [0.1, 0.15) is 20.3 Å². The highest BCUT2D eigenvalue weighted by atomic mass is 32.2. The monoisotopic (exact) mass is 263 g/mol. The Labute approximate surface area is 101 Å². The molecule has 0 saturated carbocycles. The molecular formula is C10H17NO5S. The van der Waals surface area contributed by atoms with Gasteiger partial charge >= 0.3 is 5.97 Å². The Morgan fingerprint density at radius 1 is 1.41 bits per heavy atom. The third kappa shape index (κ3) is 3.42. The molecule has 0 aromatic heterocycles. The predicted octanol–water partition coefficient (Wildman–Crippen LogP) is -0.257. The Morgan fingerprint density at radius 2 is 2.00 bits per heavy atom. The Balaban J connectivity index is 2.60. The van der Waals surface area contributed by atoms with E-state index in [1.807, 2.05) is 0 Å². The van der Waals surface area contributed by atoms with Gasteiger partial charge in [0, 0.05) is 13.1 Å². The normalized spacial score (nSPS) is 20.9. The molecule has 1 N–H and O–H groups in total. The quantitative estimate of drug-likeness (QED) is 0.754. The second-order valence-corrected chi connectivity index (χ2v) is 7.08. The smallest absolute Gasteiger partial charge is 0.308 e. The summed E-state index contributed by atoms with van der Waals surface area (Å²) in [5.74, 6) is -2.54. The van der Waals surface area contributed by atoms with Gasteiger partial charge in [0.15, 0.2) is 9.84 Å². The molecule has 1 saturated heterocycles. The summed E-state index contributed by atoms with van der Waals surface area (Å²) >= 11 is 0. The van der Waals surface area contributed by atoms with Gasteiger partial charge in [-0.3, -0.25) is 9.59 Å². The minimum absolute atomic E-state index is 0.113. The van der Waals surface area contributed by atoms with E-state index in [0.717, 1.165) is 0 Å². The Kier molecular flexibility index (Phi) is 4.13. The number of amides is 1. The van der Waals surface area contributed by atoms with Crippen LogP contribution in [0.5, 0.6) is 0 Å². The van der Waals surface area contributed by atoms with Crippen molar-refractivity contribution in [3.63, 3.8) is 0 Å². The van der Waals surface area contributed by atoms with Gasteiger partial charge in [0.1, 0.15) is 5.75 Å². The third-order valence-corrected chi connectivity index (χ3v) is 5.02. The predicted molar refractivity (Wildman–Crippen MR) is 61.2 cm³/mol. The highest BCUT2D eigenvalue weighted by Crippen LogP contribution is 2.17. The van der Waals surface area contributed by atoms with E-state index in [9.17, 15) is 18.0 Å². The number of likely N-dealkylation sites (tertiary alicyclic amines) is 1. The molecule has 1 heterocycles. The van der Waals surface area contributed by atoms with E-state index in [4.69, 9.17) is 5.11 Å². The van der Waals surface area contributed by atoms with Gasteiger partial charge in [0.25, 0.3) is 0 Å². The van der Waals surface area contributed by atoms with Crippen molar-refractivity contribution in [3.05, 3.63) is 0 Å². The average Bonchev–Trinajstić information content (AvgIpc) is 2.65. The van der Waals surface area contributed by atoms with Crippen molar-refractivity contribution in [3.8, 4) is 0 Å². The van der Waals surface area contributed by atoms with Crippen LogP contribution in [0, 0.1) is 5.92 Å². The maximum Gasteiger partial charge on any atom is 0.308 e. The highest BCUT2D eigenvalue weighted by Gasteiger charge is 2.33. The molecule has 1 rings (SSSR count). The fraction of sp³-hybridized carbons (Fsp3) is 0.800. The van der Waals surface area contributed by atoms with Gasteiger partial charge in [0.2, 0.25) is 5.91 Å². The van der Waals surface area contributed by atoms with Crippen molar-refractivity contribution < 1.29 is 23.1 Å². The van der Waals surface area contributed by atoms with E-state index in [0.29, 0.717) is 13.0 Å². The van der Waals surface area contributed by atoms with Gasteiger partial charge in [-0.05, 0) is 20.3 Å². The van der Waals surface area contributed by atoms with Gasteiger partial charge in [-0.15, -0.1) is 0 Å². The Hall–Kier alpha value is -1.11. The summed E-state index contributed by atoms with van der Waals surface area (Å²) in [6.07, 6.45) is 0.392. The first-order chi connectivity index (χ1) is 7.74. The van der Waals surface area contributed by atoms with E-state index < -0.39 is 38.6 Å². The van der Waals surface area contributed by atoms with Crippen LogP contribution in [0.3, 0.4) is 0 Å². The van der Waals surface area contributed by atoms with Crippen LogP contribution in [0.4, 0.5) is 0 Å². The molecule has 0 spiro atoms. The van der Waals surface area contributed by atoms with Gasteiger partial charge in [-0.2, -0.15) is 0 Å². The maximum absolute atomic E-state index is 11.7. The zero-order valence-electron chi connectivity index (χ0n) is 9.92. The van der Waals surface area contributed by atoms with E-state index in [-0.39, 0.29) is 6.54 Å². The third-order valence-electron chi connectivity index (χ3n) is 2.93. The van der Waals surface area contributed by atoms with Crippen LogP contribution >= 0.6 is 0 Å². The maximum atomic E-state index is 11.7. The van der Waals surface area contributed by atoms with Crippen LogP contribution in [-0.2, 0) is 19.4 Å². The van der Waals surface area contributed by atoms with Crippen LogP contribution in [0.2, 0.25) is 0 Å². The van der Waals surface area contributed by atoms with Crippen molar-refractivity contribution in [1.29, 1.82) is 0 Å². The number of aliphatic carboxylic acids is 1. The standard InChI is InChI=1S/C10H17NO5S/c1-7(2)17(15,16)6-9(12)11-4-3-8(5-11)10(13)14/h7-8H,3-6H2,1-2H3,(H,13,14). The molecule has 0 aromatic rings. The number of carboxylic acid groups (broad SMARTS) is 1. The number of hydrogen-bond acceptors (Lipinski definition) is 4. The summed E-state index contributed by atoms with van der Waals surface area (Å²) in [7, 11) is -3.41. The molecule has 1 fully saturated rings. The molecule has 1 aliphatic heterocycles. The van der Waals surface area contributed by atoms with Crippen LogP contribution in [-0.4, -0.2) is 54.4 Å². The van der Waals surface area contributed by atoms with Crippen LogP contribution < -0.4 is 0 Å². The first-order valence-corrected chi connectivity index (χ1v) is 7.17. The summed E-state index contributed by atoms with van der Waals surface area (Å²) < 4.78 is 23.1. The van der Waals surface area contributed by atoms with E-state index in [1.165, 1.54) is 18.7 Å². The SMILES string of the molecule is CC(C)S(=O)(=O)CC(=O)N1CCC(C(=O)O)C1. The number of hydrogen-bond donors (Lipinski definition) is 1. The first-order valence-electron chi connectivity index (χ1n) is 5.46. The Morgan fingerprint density at radius 3 is 2.41 bits per heavy atom. The lowest BCUT2D eigenvalue weighted by Crippen LogP contribution is -2.36. The summed E-state index contributed by atoms with van der Waals surface area (Å²) in [5, 5.41) is 8.18. The fourth-order valence-corrected chi connectivity index (χ4v) is 2.48. The average molecular weight is 263 g/mol. The largest absolute Gasteiger partial charge is 0.481 e. The van der Waals surface area contributed by atoms with Crippen molar-refractivity contribution in [1.82, 2.24) is 4.90 Å². The molecule has 1 aliphatic rings. The van der Waals surface area contributed by atoms with Gasteiger partial charge in [-0.25, -0.2) is 8.42 Å². The van der Waals surface area contributed by atoms with E-state index in [1.54, 1.807) is 0 Å². The van der Waals surface area contributed by atoms with E-state index in [2.05, 4.69) is 0 Å². The van der Waals surface area contributed by atoms with Gasteiger partial charge < -0.3 is 10.0 Å². The molecule has 17 heavy (non-hydrogen) atoms. The molecule has 7 heteroatoms. The summed E-state index contributed by atoms with van der Waals surface area (Å²) in [6.45, 7) is 3.48. The zero-order valence-corrected chi connectivity index (χ0v) is 10.7. The van der Waals surface area contributed by atoms with E-state index >= 15 is 0 Å². The summed E-state index contributed by atoms with van der Waals surface area (Å²) in [4.78, 5) is 23.7. The fourth-order valence-electron chi connectivity index (χ4n) is 1.62. The number of carbonyl (C=O) groups is 2. The lowest BCUT2D eigenvalue weighted by Gasteiger charge is -2.16. The lowest BCUT2D eigenvalue weighted by molar-refractivity contribution is -0.141. The van der Waals surface area contributed by atoms with Crippen LogP contribution in [0.15, 0.2) is 0 Å². The minimum Gasteiger partial charge on any atom is -0.481 e. The molecule has 0 aliphatic carbocycles. The number of rotatable bonds is 4. The molecule has 1 atom stereocenters. The summed E-state index contributed by atoms with van der Waals surface area (Å²) in [6, 6.07) is 0. The summed E-state index contributed by atoms with van der Waals surface area (Å²) in [5.41, 5.74) is 0. The molecule has 1 amide bonds. The molecule has 0 radical (unpaired) electrons. The molecule has 6 nitrogen and oxygen atoms in total. The molecule has 1 unspecified atom stereocenters. The second-order valence-electron chi connectivity index (χ2n) is 4.52. The molecular weight excluding hydrogens is 246 g/mol. The topological polar surface area (TPSA) is 91.8 Å². The van der Waals surface area contributed by atoms with Crippen LogP contribution in [0.25, 0.3) is 0 Å². The van der Waals surface area contributed by atoms with Gasteiger partial charge in [0.05, 0.1) is 11.2 Å². The minimum atomic E-state index is -3.41. The molecule has 0 aromatic carbocycles.